The minimum atomic E-state index is -0.970. The quantitative estimate of drug-likeness (QED) is 0.572. The van der Waals surface area contributed by atoms with Gasteiger partial charge in [0.15, 0.2) is 0 Å². The molecule has 0 rings (SSSR count). The van der Waals surface area contributed by atoms with Gasteiger partial charge in [-0.2, -0.15) is 0 Å². The molecule has 0 heterocycles. The van der Waals surface area contributed by atoms with E-state index in [0.29, 0.717) is 6.61 Å². The molecule has 0 spiro atoms. The van der Waals surface area contributed by atoms with Crippen molar-refractivity contribution in [2.24, 2.45) is 0 Å². The molecule has 0 bridgehead atoms. The van der Waals surface area contributed by atoms with Gasteiger partial charge < -0.3 is 9.05 Å². The average molecular weight is 150 g/mol. The molecule has 9 heavy (non-hydrogen) atoms. The summed E-state index contributed by atoms with van der Waals surface area (Å²) < 4.78 is 9.67. The lowest BCUT2D eigenvalue weighted by Gasteiger charge is -2.08. The molecule has 0 N–H and O–H groups in total. The van der Waals surface area contributed by atoms with Crippen LogP contribution >= 0.6 is 8.38 Å². The van der Waals surface area contributed by atoms with Gasteiger partial charge in [0.25, 0.3) is 0 Å². The van der Waals surface area contributed by atoms with Crippen molar-refractivity contribution in [2.45, 2.75) is 13.8 Å². The molecule has 0 aliphatic rings. The van der Waals surface area contributed by atoms with Crippen LogP contribution < -0.4 is 0 Å². The summed E-state index contributed by atoms with van der Waals surface area (Å²) in [6, 6.07) is 0. The number of hydrogen-bond donors (Lipinski definition) is 0. The highest BCUT2D eigenvalue weighted by atomic mass is 31.2. The molecule has 0 fully saturated rings. The molecule has 1 unspecified atom stereocenters. The van der Waals surface area contributed by atoms with E-state index in [2.05, 4.69) is 0 Å². The smallest absolute Gasteiger partial charge is 0.307 e. The van der Waals surface area contributed by atoms with Gasteiger partial charge in [0.1, 0.15) is 0 Å². The topological polar surface area (TPSA) is 35.5 Å². The van der Waals surface area contributed by atoms with Gasteiger partial charge in [0, 0.05) is 13.6 Å². The molecule has 0 aliphatic carbocycles. The highest BCUT2D eigenvalue weighted by Gasteiger charge is 2.03. The van der Waals surface area contributed by atoms with Crippen LogP contribution in [0.1, 0.15) is 13.8 Å². The van der Waals surface area contributed by atoms with Gasteiger partial charge in [0.2, 0.25) is 8.38 Å². The van der Waals surface area contributed by atoms with Gasteiger partial charge >= 0.3 is 5.97 Å². The average Bonchev–Trinajstić information content (AvgIpc) is 1.63. The summed E-state index contributed by atoms with van der Waals surface area (Å²) in [4.78, 5) is 10.2. The third kappa shape index (κ3) is 5.74. The maximum atomic E-state index is 10.2. The lowest BCUT2D eigenvalue weighted by molar-refractivity contribution is -0.131. The Kier molecular flexibility index (Phi) is 4.64. The molecule has 0 aliphatic heterocycles. The van der Waals surface area contributed by atoms with Crippen LogP contribution in [0.3, 0.4) is 0 Å². The van der Waals surface area contributed by atoms with E-state index in [-0.39, 0.29) is 5.97 Å². The second-order valence-electron chi connectivity index (χ2n) is 1.44. The van der Waals surface area contributed by atoms with Crippen molar-refractivity contribution in [3.63, 3.8) is 0 Å². The highest BCUT2D eigenvalue weighted by Crippen LogP contribution is 2.32. The van der Waals surface area contributed by atoms with E-state index in [1.165, 1.54) is 6.92 Å². The molecule has 4 heteroatoms. The number of rotatable bonds is 3. The van der Waals surface area contributed by atoms with Crippen LogP contribution in [0.2, 0.25) is 0 Å². The molecule has 0 amide bonds. The fourth-order valence-electron chi connectivity index (χ4n) is 0.389. The molecule has 1 atom stereocenters. The van der Waals surface area contributed by atoms with Crippen molar-refractivity contribution in [1.29, 1.82) is 0 Å². The fraction of sp³-hybridized carbons (Fsp3) is 0.800. The largest absolute Gasteiger partial charge is 0.417 e. The first-order chi connectivity index (χ1) is 4.16. The first-order valence-corrected chi connectivity index (χ1v) is 4.34. The second-order valence-corrected chi connectivity index (χ2v) is 2.76. The van der Waals surface area contributed by atoms with Gasteiger partial charge in [-0.3, -0.25) is 4.79 Å². The Balaban J connectivity index is 3.26. The van der Waals surface area contributed by atoms with E-state index in [9.17, 15) is 4.79 Å². The molecular formula is C5H11O3P. The van der Waals surface area contributed by atoms with Crippen LogP contribution in [0.4, 0.5) is 0 Å². The van der Waals surface area contributed by atoms with Crippen LogP contribution in [-0.4, -0.2) is 19.2 Å². The van der Waals surface area contributed by atoms with E-state index in [0.717, 1.165) is 0 Å². The van der Waals surface area contributed by atoms with Crippen LogP contribution in [0.25, 0.3) is 0 Å². The van der Waals surface area contributed by atoms with Gasteiger partial charge in [0.05, 0.1) is 6.61 Å². The van der Waals surface area contributed by atoms with Crippen molar-refractivity contribution in [2.75, 3.05) is 13.3 Å². The molecule has 0 radical (unpaired) electrons. The first-order valence-electron chi connectivity index (χ1n) is 2.72. The minimum Gasteiger partial charge on any atom is -0.417 e. The molecule has 0 aromatic carbocycles. The van der Waals surface area contributed by atoms with Crippen LogP contribution in [0.15, 0.2) is 0 Å². The first kappa shape index (κ1) is 8.86. The molecular weight excluding hydrogens is 139 g/mol. The number of carbonyl (C=O) groups excluding carboxylic acids is 1. The number of carbonyl (C=O) groups is 1. The summed E-state index contributed by atoms with van der Waals surface area (Å²) in [6.07, 6.45) is 0. The van der Waals surface area contributed by atoms with Crippen LogP contribution in [0, 0.1) is 0 Å². The molecule has 0 aromatic heterocycles. The maximum Gasteiger partial charge on any atom is 0.307 e. The molecule has 54 valence electrons. The second kappa shape index (κ2) is 4.71. The Hall–Kier alpha value is -0.140. The third-order valence-corrected chi connectivity index (χ3v) is 1.70. The zero-order valence-electron chi connectivity index (χ0n) is 5.88. The molecule has 0 aromatic rings. The Bertz CT molecular complexity index is 94.2. The zero-order chi connectivity index (χ0) is 7.28. The van der Waals surface area contributed by atoms with Crippen molar-refractivity contribution >= 4 is 14.3 Å². The Morgan fingerprint density at radius 1 is 1.67 bits per heavy atom. The molecule has 0 saturated heterocycles. The van der Waals surface area contributed by atoms with Gasteiger partial charge in [-0.05, 0) is 6.92 Å². The third-order valence-electron chi connectivity index (χ3n) is 0.568. The van der Waals surface area contributed by atoms with Gasteiger partial charge in [-0.15, -0.1) is 0 Å². The molecule has 3 nitrogen and oxygen atoms in total. The van der Waals surface area contributed by atoms with E-state index in [1.54, 1.807) is 6.66 Å². The summed E-state index contributed by atoms with van der Waals surface area (Å²) >= 11 is 0. The fourth-order valence-corrected chi connectivity index (χ4v) is 1.17. The van der Waals surface area contributed by atoms with Gasteiger partial charge in [-0.25, -0.2) is 0 Å². The van der Waals surface area contributed by atoms with Crippen molar-refractivity contribution < 1.29 is 13.8 Å². The van der Waals surface area contributed by atoms with Crippen LogP contribution in [-0.2, 0) is 13.8 Å². The Morgan fingerprint density at radius 2 is 2.22 bits per heavy atom. The predicted molar refractivity (Wildman–Crippen MR) is 36.2 cm³/mol. The zero-order valence-corrected chi connectivity index (χ0v) is 6.77. The standard InChI is InChI=1S/C5H11O3P/c1-4-7-9(3)8-5(2)6/h4H2,1-3H3. The van der Waals surface area contributed by atoms with E-state index >= 15 is 0 Å². The van der Waals surface area contributed by atoms with Gasteiger partial charge in [-0.1, -0.05) is 0 Å². The number of hydrogen-bond acceptors (Lipinski definition) is 3. The minimum absolute atomic E-state index is 0.280. The SMILES string of the molecule is CCOP(C)OC(C)=O. The summed E-state index contributed by atoms with van der Waals surface area (Å²) in [5, 5.41) is 0. The van der Waals surface area contributed by atoms with Crippen LogP contribution in [0.5, 0.6) is 0 Å². The predicted octanol–water partition coefficient (Wildman–Crippen LogP) is 1.53. The van der Waals surface area contributed by atoms with E-state index < -0.39 is 8.38 Å². The summed E-state index contributed by atoms with van der Waals surface area (Å²) in [7, 11) is -0.970. The summed E-state index contributed by atoms with van der Waals surface area (Å²) in [6.45, 7) is 5.58. The lowest BCUT2D eigenvalue weighted by Crippen LogP contribution is -1.94. The monoisotopic (exact) mass is 150 g/mol. The van der Waals surface area contributed by atoms with E-state index in [4.69, 9.17) is 9.05 Å². The van der Waals surface area contributed by atoms with Crippen molar-refractivity contribution in [1.82, 2.24) is 0 Å². The maximum absolute atomic E-state index is 10.2. The van der Waals surface area contributed by atoms with Crippen molar-refractivity contribution in [3.8, 4) is 0 Å². The van der Waals surface area contributed by atoms with Crippen molar-refractivity contribution in [3.05, 3.63) is 0 Å². The molecule has 0 saturated carbocycles. The highest BCUT2D eigenvalue weighted by molar-refractivity contribution is 7.46. The normalized spacial score (nSPS) is 12.8. The Labute approximate surface area is 56.3 Å². The summed E-state index contributed by atoms with van der Waals surface area (Å²) in [5.41, 5.74) is 0. The van der Waals surface area contributed by atoms with E-state index in [1.807, 2.05) is 6.92 Å². The lowest BCUT2D eigenvalue weighted by atomic mass is 10.9. The Morgan fingerprint density at radius 3 is 2.56 bits per heavy atom. The summed E-state index contributed by atoms with van der Waals surface area (Å²) in [5.74, 6) is -0.280.